The first-order valence-corrected chi connectivity index (χ1v) is 11.1. The van der Waals surface area contributed by atoms with Gasteiger partial charge in [-0.2, -0.15) is 5.10 Å². The molecule has 1 aliphatic carbocycles. The van der Waals surface area contributed by atoms with E-state index in [1.165, 1.54) is 0 Å². The third-order valence-electron chi connectivity index (χ3n) is 6.21. The Kier molecular flexibility index (Phi) is 5.49. The van der Waals surface area contributed by atoms with Gasteiger partial charge < -0.3 is 14.8 Å². The minimum atomic E-state index is -0.482. The highest BCUT2D eigenvalue weighted by atomic mass is 16.3. The van der Waals surface area contributed by atoms with E-state index in [1.807, 2.05) is 42.2 Å². The molecule has 4 aromatic rings. The van der Waals surface area contributed by atoms with Crippen molar-refractivity contribution >= 4 is 11.6 Å². The van der Waals surface area contributed by atoms with E-state index in [9.17, 15) is 9.90 Å². The number of benzene rings is 1. The number of aliphatic hydroxyl groups excluding tert-OH is 1. The lowest BCUT2D eigenvalue weighted by atomic mass is 9.92. The molecule has 1 fully saturated rings. The third kappa shape index (κ3) is 4.16. The van der Waals surface area contributed by atoms with Crippen molar-refractivity contribution in [2.75, 3.05) is 0 Å². The molecule has 1 amide bonds. The summed E-state index contributed by atoms with van der Waals surface area (Å²) in [5, 5.41) is 17.7. The van der Waals surface area contributed by atoms with Crippen LogP contribution in [0.4, 0.5) is 0 Å². The first-order valence-electron chi connectivity index (χ1n) is 11.1. The van der Waals surface area contributed by atoms with E-state index in [4.69, 9.17) is 0 Å². The molecule has 0 saturated heterocycles. The van der Waals surface area contributed by atoms with Crippen molar-refractivity contribution in [1.82, 2.24) is 24.5 Å². The van der Waals surface area contributed by atoms with E-state index in [2.05, 4.69) is 39.7 Å². The van der Waals surface area contributed by atoms with Crippen molar-refractivity contribution in [3.8, 4) is 11.3 Å². The molecule has 0 unspecified atom stereocenters. The number of pyridine rings is 1. The number of aromatic nitrogens is 4. The predicted molar refractivity (Wildman–Crippen MR) is 122 cm³/mol. The van der Waals surface area contributed by atoms with Crippen LogP contribution in [-0.2, 0) is 13.5 Å². The summed E-state index contributed by atoms with van der Waals surface area (Å²) in [5.74, 6) is -0.181. The lowest BCUT2D eigenvalue weighted by Crippen LogP contribution is -2.45. The number of carbonyl (C=O) groups excluding carboxylic acids is 1. The van der Waals surface area contributed by atoms with Crippen LogP contribution in [-0.4, -0.2) is 42.3 Å². The van der Waals surface area contributed by atoms with E-state index in [0.29, 0.717) is 17.6 Å². The van der Waals surface area contributed by atoms with Gasteiger partial charge in [-0.05, 0) is 42.5 Å². The first kappa shape index (κ1) is 20.5. The van der Waals surface area contributed by atoms with E-state index in [1.54, 1.807) is 10.9 Å². The monoisotopic (exact) mass is 429 g/mol. The van der Waals surface area contributed by atoms with Crippen molar-refractivity contribution in [3.63, 3.8) is 0 Å². The molecule has 2 N–H and O–H groups in total. The molecular formula is C25H27N5O2. The molecule has 0 bridgehead atoms. The average Bonchev–Trinajstić information content (AvgIpc) is 3.44. The van der Waals surface area contributed by atoms with Gasteiger partial charge >= 0.3 is 0 Å². The van der Waals surface area contributed by atoms with Gasteiger partial charge in [-0.3, -0.25) is 9.48 Å². The largest absolute Gasteiger partial charge is 0.391 e. The highest BCUT2D eigenvalue weighted by Crippen LogP contribution is 2.22. The summed E-state index contributed by atoms with van der Waals surface area (Å²) in [5.41, 5.74) is 5.36. The maximum atomic E-state index is 13.1. The second-order valence-electron chi connectivity index (χ2n) is 8.60. The molecule has 1 saturated carbocycles. The Morgan fingerprint density at radius 3 is 2.69 bits per heavy atom. The molecule has 7 heteroatoms. The summed E-state index contributed by atoms with van der Waals surface area (Å²) >= 11 is 0. The van der Waals surface area contributed by atoms with Gasteiger partial charge in [0.15, 0.2) is 0 Å². The highest BCUT2D eigenvalue weighted by Gasteiger charge is 2.26. The van der Waals surface area contributed by atoms with Crippen molar-refractivity contribution in [2.24, 2.45) is 7.05 Å². The number of nitrogens with zero attached hydrogens (tertiary/aromatic N) is 4. The zero-order chi connectivity index (χ0) is 22.1. The van der Waals surface area contributed by atoms with Gasteiger partial charge in [0.2, 0.25) is 0 Å². The minimum absolute atomic E-state index is 0.181. The second kappa shape index (κ2) is 8.59. The van der Waals surface area contributed by atoms with Crippen LogP contribution < -0.4 is 5.32 Å². The molecule has 3 heterocycles. The van der Waals surface area contributed by atoms with Gasteiger partial charge in [-0.1, -0.05) is 37.1 Å². The Bertz CT molecular complexity index is 1240. The number of nitrogens with one attached hydrogen (secondary N) is 1. The SMILES string of the molecule is Cn1ccc(-c2ccc(Cc3cc(C(=O)N[C@@H]4CCCC[C@H]4O)c4nccn4c3)cc2)n1. The highest BCUT2D eigenvalue weighted by molar-refractivity contribution is 6.00. The zero-order valence-electron chi connectivity index (χ0n) is 18.1. The van der Waals surface area contributed by atoms with Crippen LogP contribution in [0.5, 0.6) is 0 Å². The third-order valence-corrected chi connectivity index (χ3v) is 6.21. The van der Waals surface area contributed by atoms with Gasteiger partial charge in [0.05, 0.1) is 23.4 Å². The van der Waals surface area contributed by atoms with E-state index < -0.39 is 6.10 Å². The smallest absolute Gasteiger partial charge is 0.255 e. The summed E-state index contributed by atoms with van der Waals surface area (Å²) in [4.78, 5) is 17.5. The maximum absolute atomic E-state index is 13.1. The van der Waals surface area contributed by atoms with Gasteiger partial charge in [-0.15, -0.1) is 0 Å². The summed E-state index contributed by atoms with van der Waals surface area (Å²) in [7, 11) is 1.91. The van der Waals surface area contributed by atoms with Crippen LogP contribution in [0.25, 0.3) is 16.9 Å². The first-order chi connectivity index (χ1) is 15.6. The Hall–Kier alpha value is -3.45. The lowest BCUT2D eigenvalue weighted by molar-refractivity contribution is 0.0718. The number of carbonyl (C=O) groups is 1. The molecule has 2 atom stereocenters. The normalized spacial score (nSPS) is 18.7. The molecule has 1 aromatic carbocycles. The Morgan fingerprint density at radius 1 is 1.12 bits per heavy atom. The number of amides is 1. The fraction of sp³-hybridized carbons (Fsp3) is 0.320. The summed E-state index contributed by atoms with van der Waals surface area (Å²) in [6.45, 7) is 0. The molecule has 1 aliphatic rings. The average molecular weight is 430 g/mol. The molecule has 0 radical (unpaired) electrons. The van der Waals surface area contributed by atoms with Crippen molar-refractivity contribution < 1.29 is 9.90 Å². The fourth-order valence-corrected chi connectivity index (χ4v) is 4.48. The second-order valence-corrected chi connectivity index (χ2v) is 8.60. The van der Waals surface area contributed by atoms with Crippen molar-refractivity contribution in [3.05, 3.63) is 77.9 Å². The molecule has 164 valence electrons. The van der Waals surface area contributed by atoms with Crippen LogP contribution in [0.2, 0.25) is 0 Å². The molecular weight excluding hydrogens is 402 g/mol. The van der Waals surface area contributed by atoms with E-state index in [-0.39, 0.29) is 11.9 Å². The molecule has 0 spiro atoms. The minimum Gasteiger partial charge on any atom is -0.391 e. The Morgan fingerprint density at radius 2 is 1.94 bits per heavy atom. The number of fused-ring (bicyclic) bond motifs is 1. The quantitative estimate of drug-likeness (QED) is 0.510. The molecule has 7 nitrogen and oxygen atoms in total. The van der Waals surface area contributed by atoms with E-state index in [0.717, 1.165) is 48.1 Å². The Balaban J connectivity index is 1.38. The fourth-order valence-electron chi connectivity index (χ4n) is 4.48. The number of rotatable bonds is 5. The van der Waals surface area contributed by atoms with Gasteiger partial charge in [-0.25, -0.2) is 4.98 Å². The zero-order valence-corrected chi connectivity index (χ0v) is 18.1. The lowest BCUT2D eigenvalue weighted by Gasteiger charge is -2.28. The summed E-state index contributed by atoms with van der Waals surface area (Å²) in [6, 6.07) is 12.1. The number of aliphatic hydroxyl groups is 1. The van der Waals surface area contributed by atoms with Gasteiger partial charge in [0.1, 0.15) is 5.65 Å². The molecule has 5 rings (SSSR count). The molecule has 3 aromatic heterocycles. The maximum Gasteiger partial charge on any atom is 0.255 e. The number of hydrogen-bond acceptors (Lipinski definition) is 4. The van der Waals surface area contributed by atoms with Crippen LogP contribution in [0.15, 0.2) is 61.2 Å². The standard InChI is InChI=1S/C25H27N5O2/c1-29-12-10-21(28-29)19-8-6-17(7-9-19)14-18-15-20(24-26-11-13-30(24)16-18)25(32)27-22-4-2-3-5-23(22)31/h6-13,15-16,22-23,31H,2-5,14H2,1H3,(H,27,32)/t22-,23-/m1/s1. The van der Waals surface area contributed by atoms with Gasteiger partial charge in [0, 0.05) is 37.4 Å². The predicted octanol–water partition coefficient (Wildman–Crippen LogP) is 3.36. The van der Waals surface area contributed by atoms with Crippen LogP contribution in [0, 0.1) is 0 Å². The summed E-state index contributed by atoms with van der Waals surface area (Å²) in [6.07, 6.45) is 11.3. The van der Waals surface area contributed by atoms with Crippen LogP contribution >= 0.6 is 0 Å². The van der Waals surface area contributed by atoms with E-state index >= 15 is 0 Å². The Labute approximate surface area is 186 Å². The van der Waals surface area contributed by atoms with Crippen LogP contribution in [0.3, 0.4) is 0 Å². The molecule has 0 aliphatic heterocycles. The number of aryl methyl sites for hydroxylation is 1. The summed E-state index contributed by atoms with van der Waals surface area (Å²) < 4.78 is 3.69. The topological polar surface area (TPSA) is 84.5 Å². The van der Waals surface area contributed by atoms with Crippen LogP contribution in [0.1, 0.15) is 47.2 Å². The van der Waals surface area contributed by atoms with Crippen molar-refractivity contribution in [1.29, 1.82) is 0 Å². The van der Waals surface area contributed by atoms with Gasteiger partial charge in [0.25, 0.3) is 5.91 Å². The number of imidazole rings is 1. The number of hydrogen-bond donors (Lipinski definition) is 2. The molecule has 32 heavy (non-hydrogen) atoms. The van der Waals surface area contributed by atoms with Crippen molar-refractivity contribution in [2.45, 2.75) is 44.2 Å².